The van der Waals surface area contributed by atoms with Gasteiger partial charge in [0.25, 0.3) is 11.8 Å². The number of methoxy groups -OCH3 is 1. The van der Waals surface area contributed by atoms with E-state index in [-0.39, 0.29) is 16.1 Å². The Bertz CT molecular complexity index is 2000. The van der Waals surface area contributed by atoms with Gasteiger partial charge in [0.15, 0.2) is 12.3 Å². The van der Waals surface area contributed by atoms with Crippen molar-refractivity contribution in [1.82, 2.24) is 14.9 Å². The summed E-state index contributed by atoms with van der Waals surface area (Å²) in [6.45, 7) is 0.677. The lowest BCUT2D eigenvalue weighted by molar-refractivity contribution is -0.261. The van der Waals surface area contributed by atoms with Crippen LogP contribution >= 0.6 is 23.2 Å². The highest BCUT2D eigenvalue weighted by molar-refractivity contribution is 6.43. The van der Waals surface area contributed by atoms with Gasteiger partial charge in [-0.1, -0.05) is 47.5 Å². The van der Waals surface area contributed by atoms with Gasteiger partial charge >= 0.3 is 5.97 Å². The minimum Gasteiger partial charge on any atom is -0.455 e. The van der Waals surface area contributed by atoms with E-state index in [0.717, 1.165) is 0 Å². The number of aliphatic hydroxyl groups excluding tert-OH is 2. The molecule has 0 radical (unpaired) electrons. The number of aromatic nitrogens is 2. The minimum absolute atomic E-state index is 0.142. The lowest BCUT2D eigenvalue weighted by Crippen LogP contribution is -2.58. The molecule has 216 valence electrons. The van der Waals surface area contributed by atoms with Crippen molar-refractivity contribution in [2.45, 2.75) is 37.6 Å². The molecule has 11 nitrogen and oxygen atoms in total. The van der Waals surface area contributed by atoms with Crippen LogP contribution in [0.2, 0.25) is 10.0 Å². The van der Waals surface area contributed by atoms with Gasteiger partial charge in [-0.25, -0.2) is 0 Å². The van der Waals surface area contributed by atoms with E-state index in [1.165, 1.54) is 14.0 Å². The number of halogens is 2. The van der Waals surface area contributed by atoms with Crippen LogP contribution in [-0.2, 0) is 19.0 Å². The van der Waals surface area contributed by atoms with Crippen LogP contribution in [0.3, 0.4) is 0 Å². The summed E-state index contributed by atoms with van der Waals surface area (Å²) in [5.74, 6) is -1.84. The first-order valence-electron chi connectivity index (χ1n) is 13.1. The van der Waals surface area contributed by atoms with Crippen LogP contribution in [0.5, 0.6) is 0 Å². The van der Waals surface area contributed by atoms with Gasteiger partial charge in [0.1, 0.15) is 18.3 Å². The Kier molecular flexibility index (Phi) is 6.24. The Morgan fingerprint density at radius 1 is 0.976 bits per heavy atom. The Hall–Kier alpha value is -3.71. The van der Waals surface area contributed by atoms with E-state index in [2.05, 4.69) is 10.3 Å². The van der Waals surface area contributed by atoms with Gasteiger partial charge in [-0.05, 0) is 12.1 Å². The zero-order valence-corrected chi connectivity index (χ0v) is 23.6. The zero-order valence-electron chi connectivity index (χ0n) is 22.1. The third-order valence-corrected chi connectivity index (χ3v) is 8.69. The predicted octanol–water partition coefficient (Wildman–Crippen LogP) is 3.82. The Morgan fingerprint density at radius 3 is 2.31 bits per heavy atom. The fraction of sp³-hybridized carbons (Fsp3) is 0.276. The summed E-state index contributed by atoms with van der Waals surface area (Å²) in [4.78, 5) is 42.3. The molecular weight excluding hydrogens is 589 g/mol. The van der Waals surface area contributed by atoms with Crippen molar-refractivity contribution < 1.29 is 38.8 Å². The second kappa shape index (κ2) is 9.66. The number of nitrogens with zero attached hydrogens (tertiary/aromatic N) is 1. The maximum absolute atomic E-state index is 13.4. The molecule has 2 aromatic heterocycles. The SMILES string of the molecule is CO[C@H]1[C@H](O)[C@@H](OC(C)=O)C(n2c3c(Cl)cccc3c3c4c(c5c6cccc(Cl)c6[nH]c5c32)C(=O)NC4=O)O[C@@H]1CO. The Labute approximate surface area is 246 Å². The third-order valence-electron chi connectivity index (χ3n) is 8.07. The maximum atomic E-state index is 13.4. The number of aromatic amines is 1. The topological polar surface area (TPSA) is 152 Å². The molecule has 13 heteroatoms. The van der Waals surface area contributed by atoms with Crippen molar-refractivity contribution in [3.8, 4) is 0 Å². The van der Waals surface area contributed by atoms with Crippen LogP contribution in [0.15, 0.2) is 36.4 Å². The molecular formula is C29H23Cl2N3O8. The molecule has 4 N–H and O–H groups in total. The van der Waals surface area contributed by atoms with Crippen molar-refractivity contribution in [2.75, 3.05) is 13.7 Å². The first-order valence-corrected chi connectivity index (χ1v) is 13.8. The molecule has 5 aromatic rings. The Balaban J connectivity index is 1.70. The van der Waals surface area contributed by atoms with Crippen LogP contribution in [-0.4, -0.2) is 75.7 Å². The molecule has 2 aliphatic rings. The van der Waals surface area contributed by atoms with Crippen molar-refractivity contribution in [3.63, 3.8) is 0 Å². The van der Waals surface area contributed by atoms with E-state index in [4.69, 9.17) is 37.4 Å². The smallest absolute Gasteiger partial charge is 0.303 e. The molecule has 0 spiro atoms. The first kappa shape index (κ1) is 27.1. The highest BCUT2D eigenvalue weighted by atomic mass is 35.5. The molecule has 0 saturated carbocycles. The first-order chi connectivity index (χ1) is 20.2. The summed E-state index contributed by atoms with van der Waals surface area (Å²) in [5, 5.41) is 26.6. The highest BCUT2D eigenvalue weighted by Crippen LogP contribution is 2.48. The number of imide groups is 1. The molecule has 3 aromatic carbocycles. The minimum atomic E-state index is -1.42. The summed E-state index contributed by atoms with van der Waals surface area (Å²) in [6.07, 6.45) is -6.05. The number of hydrogen-bond acceptors (Lipinski definition) is 8. The van der Waals surface area contributed by atoms with Crippen LogP contribution in [0, 0.1) is 0 Å². The number of nitrogens with one attached hydrogen (secondary N) is 2. The molecule has 1 saturated heterocycles. The molecule has 4 heterocycles. The number of para-hydroxylation sites is 2. The normalized spacial score (nSPS) is 24.2. The molecule has 7 rings (SSSR count). The van der Waals surface area contributed by atoms with Crippen molar-refractivity contribution in [2.24, 2.45) is 0 Å². The van der Waals surface area contributed by atoms with Crippen molar-refractivity contribution >= 4 is 84.6 Å². The number of esters is 1. The monoisotopic (exact) mass is 611 g/mol. The number of ether oxygens (including phenoxy) is 3. The zero-order chi connectivity index (χ0) is 29.6. The molecule has 2 aliphatic heterocycles. The molecule has 1 fully saturated rings. The lowest BCUT2D eigenvalue weighted by Gasteiger charge is -2.43. The molecule has 42 heavy (non-hydrogen) atoms. The number of fused-ring (bicyclic) bond motifs is 10. The molecule has 5 atom stereocenters. The fourth-order valence-electron chi connectivity index (χ4n) is 6.50. The van der Waals surface area contributed by atoms with E-state index in [0.29, 0.717) is 48.6 Å². The van der Waals surface area contributed by atoms with Crippen molar-refractivity contribution in [1.29, 1.82) is 0 Å². The van der Waals surface area contributed by atoms with E-state index in [9.17, 15) is 24.6 Å². The number of benzene rings is 3. The number of amides is 2. The van der Waals surface area contributed by atoms with Gasteiger partial charge in [0.05, 0.1) is 49.8 Å². The fourth-order valence-corrected chi connectivity index (χ4v) is 6.99. The van der Waals surface area contributed by atoms with Gasteiger partial charge in [-0.2, -0.15) is 0 Å². The maximum Gasteiger partial charge on any atom is 0.303 e. The summed E-state index contributed by atoms with van der Waals surface area (Å²) < 4.78 is 19.0. The van der Waals surface area contributed by atoms with E-state index in [1.807, 2.05) is 0 Å². The summed E-state index contributed by atoms with van der Waals surface area (Å²) >= 11 is 13.4. The number of aliphatic hydroxyl groups is 2. The summed E-state index contributed by atoms with van der Waals surface area (Å²) in [5.41, 5.74) is 2.09. The number of hydrogen-bond donors (Lipinski definition) is 4. The van der Waals surface area contributed by atoms with Gasteiger partial charge in [-0.3, -0.25) is 19.7 Å². The molecule has 2 amide bonds. The second-order valence-electron chi connectivity index (χ2n) is 10.3. The van der Waals surface area contributed by atoms with Crippen LogP contribution in [0.1, 0.15) is 33.9 Å². The summed E-state index contributed by atoms with van der Waals surface area (Å²) in [7, 11) is 1.35. The van der Waals surface area contributed by atoms with Crippen LogP contribution < -0.4 is 5.32 Å². The molecule has 1 unspecified atom stereocenters. The molecule has 0 bridgehead atoms. The predicted molar refractivity (Wildman–Crippen MR) is 154 cm³/mol. The van der Waals surface area contributed by atoms with Crippen LogP contribution in [0.4, 0.5) is 0 Å². The van der Waals surface area contributed by atoms with E-state index >= 15 is 0 Å². The quantitative estimate of drug-likeness (QED) is 0.177. The van der Waals surface area contributed by atoms with Crippen molar-refractivity contribution in [3.05, 3.63) is 57.6 Å². The average Bonchev–Trinajstić information content (AvgIpc) is 3.60. The number of H-pyrrole nitrogens is 1. The molecule has 0 aliphatic carbocycles. The Morgan fingerprint density at radius 2 is 1.64 bits per heavy atom. The van der Waals surface area contributed by atoms with Gasteiger partial charge < -0.3 is 34.0 Å². The second-order valence-corrected chi connectivity index (χ2v) is 11.1. The van der Waals surface area contributed by atoms with Gasteiger partial charge in [0, 0.05) is 35.6 Å². The average molecular weight is 612 g/mol. The standard InChI is InChI=1S/C29H23Cl2N3O8/c1-10(36)41-26-24(37)25(40-2)15(9-35)42-29(26)34-22-12(6-4-8-14(22)31)17-19-18(27(38)33-28(19)39)16-11-5-3-7-13(30)20(11)32-21(16)23(17)34/h3-8,15,24-26,29,32,35,37H,9H2,1-2H3,(H,33,38,39)/t15-,24+,25-,26-,29?/m1/s1. The number of carbonyl (C=O) groups is 3. The van der Waals surface area contributed by atoms with Gasteiger partial charge in [-0.15, -0.1) is 0 Å². The summed E-state index contributed by atoms with van der Waals surface area (Å²) in [6, 6.07) is 10.3. The largest absolute Gasteiger partial charge is 0.455 e. The van der Waals surface area contributed by atoms with Gasteiger partial charge in [0.2, 0.25) is 0 Å². The van der Waals surface area contributed by atoms with E-state index < -0.39 is 55.0 Å². The third kappa shape index (κ3) is 3.58. The van der Waals surface area contributed by atoms with Crippen LogP contribution in [0.25, 0.3) is 43.6 Å². The van der Waals surface area contributed by atoms with E-state index in [1.54, 1.807) is 41.0 Å². The highest BCUT2D eigenvalue weighted by Gasteiger charge is 2.49. The number of rotatable bonds is 4. The lowest BCUT2D eigenvalue weighted by atomic mass is 9.96. The number of carbonyl (C=O) groups excluding carboxylic acids is 3.